The molecule has 1 saturated heterocycles. The van der Waals surface area contributed by atoms with Crippen LogP contribution in [0.1, 0.15) is 13.3 Å². The highest BCUT2D eigenvalue weighted by molar-refractivity contribution is 7.91. The van der Waals surface area contributed by atoms with Crippen LogP contribution in [0.5, 0.6) is 0 Å². The molecule has 12 heavy (non-hydrogen) atoms. The molecular weight excluding hydrogens is 178 g/mol. The highest BCUT2D eigenvalue weighted by Gasteiger charge is 2.37. The molecule has 1 fully saturated rings. The molecule has 72 valence electrons. The van der Waals surface area contributed by atoms with Crippen molar-refractivity contribution in [2.75, 3.05) is 24.7 Å². The van der Waals surface area contributed by atoms with E-state index in [2.05, 4.69) is 5.32 Å². The summed E-state index contributed by atoms with van der Waals surface area (Å²) < 4.78 is 22.2. The maximum atomic E-state index is 11.1. The molecule has 0 aromatic rings. The third kappa shape index (κ3) is 2.43. The molecule has 0 aliphatic carbocycles. The van der Waals surface area contributed by atoms with Crippen molar-refractivity contribution in [3.05, 3.63) is 0 Å². The Balaban J connectivity index is 2.53. The lowest BCUT2D eigenvalue weighted by atomic mass is 10.0. The van der Waals surface area contributed by atoms with Crippen molar-refractivity contribution in [2.24, 2.45) is 0 Å². The fourth-order valence-corrected chi connectivity index (χ4v) is 3.63. The van der Waals surface area contributed by atoms with E-state index in [1.54, 1.807) is 0 Å². The molecule has 1 unspecified atom stereocenters. The predicted molar refractivity (Wildman–Crippen MR) is 46.8 cm³/mol. The van der Waals surface area contributed by atoms with Crippen molar-refractivity contribution in [1.29, 1.82) is 0 Å². The van der Waals surface area contributed by atoms with Gasteiger partial charge in [-0.25, -0.2) is 8.42 Å². The first-order valence-electron chi connectivity index (χ1n) is 4.04. The molecular formula is C7H15NO3S. The second kappa shape index (κ2) is 3.32. The van der Waals surface area contributed by atoms with Gasteiger partial charge in [-0.05, 0) is 13.3 Å². The smallest absolute Gasteiger partial charge is 0.152 e. The average Bonchev–Trinajstić information content (AvgIpc) is 2.23. The van der Waals surface area contributed by atoms with Crippen LogP contribution in [0.2, 0.25) is 0 Å². The zero-order valence-electron chi connectivity index (χ0n) is 7.21. The molecule has 1 rings (SSSR count). The van der Waals surface area contributed by atoms with E-state index < -0.39 is 9.84 Å². The first kappa shape index (κ1) is 9.95. The predicted octanol–water partition coefficient (Wildman–Crippen LogP) is -0.854. The molecule has 0 saturated carbocycles. The van der Waals surface area contributed by atoms with Crippen LogP contribution >= 0.6 is 0 Å². The van der Waals surface area contributed by atoms with Gasteiger partial charge in [0.05, 0.1) is 18.1 Å². The van der Waals surface area contributed by atoms with E-state index in [1.807, 2.05) is 6.92 Å². The van der Waals surface area contributed by atoms with Gasteiger partial charge in [0.1, 0.15) is 0 Å². The standard InChI is InChI=1S/C7H15NO3S/c1-7(8-3-4-9)2-5-12(10,11)6-7/h8-9H,2-6H2,1H3. The molecule has 5 heteroatoms. The number of β-amino-alcohol motifs (C(OH)–C–C–N with tert-alkyl or cyclic N) is 1. The fraction of sp³-hybridized carbons (Fsp3) is 1.00. The molecule has 0 bridgehead atoms. The molecule has 0 aromatic heterocycles. The maximum absolute atomic E-state index is 11.1. The van der Waals surface area contributed by atoms with Crippen LogP contribution in [-0.4, -0.2) is 43.7 Å². The third-order valence-corrected chi connectivity index (χ3v) is 4.07. The highest BCUT2D eigenvalue weighted by atomic mass is 32.2. The molecule has 2 N–H and O–H groups in total. The van der Waals surface area contributed by atoms with Gasteiger partial charge in [0.2, 0.25) is 0 Å². The summed E-state index contributed by atoms with van der Waals surface area (Å²) in [4.78, 5) is 0. The van der Waals surface area contributed by atoms with Gasteiger partial charge in [-0.1, -0.05) is 0 Å². The minimum atomic E-state index is -2.83. The van der Waals surface area contributed by atoms with E-state index in [0.717, 1.165) is 0 Å². The van der Waals surface area contributed by atoms with Gasteiger partial charge in [0, 0.05) is 12.1 Å². The Hall–Kier alpha value is -0.130. The number of aliphatic hydroxyl groups excluding tert-OH is 1. The van der Waals surface area contributed by atoms with Crippen molar-refractivity contribution >= 4 is 9.84 Å². The summed E-state index contributed by atoms with van der Waals surface area (Å²) in [5.41, 5.74) is -0.318. The summed E-state index contributed by atoms with van der Waals surface area (Å²) >= 11 is 0. The minimum Gasteiger partial charge on any atom is -0.395 e. The molecule has 0 amide bonds. The SMILES string of the molecule is CC1(NCCO)CCS(=O)(=O)C1. The largest absolute Gasteiger partial charge is 0.395 e. The van der Waals surface area contributed by atoms with E-state index in [1.165, 1.54) is 0 Å². The zero-order chi connectivity index (χ0) is 9.24. The van der Waals surface area contributed by atoms with Crippen molar-refractivity contribution < 1.29 is 13.5 Å². The summed E-state index contributed by atoms with van der Waals surface area (Å²) in [6.07, 6.45) is 0.648. The Morgan fingerprint density at radius 3 is 2.67 bits per heavy atom. The Morgan fingerprint density at radius 1 is 1.58 bits per heavy atom. The molecule has 0 spiro atoms. The monoisotopic (exact) mass is 193 g/mol. The molecule has 1 aliphatic heterocycles. The molecule has 0 aromatic carbocycles. The topological polar surface area (TPSA) is 66.4 Å². The van der Waals surface area contributed by atoms with Crippen LogP contribution in [0.3, 0.4) is 0 Å². The van der Waals surface area contributed by atoms with Crippen LogP contribution in [0, 0.1) is 0 Å². The Morgan fingerprint density at radius 2 is 2.25 bits per heavy atom. The van der Waals surface area contributed by atoms with Crippen LogP contribution in [-0.2, 0) is 9.84 Å². The molecule has 1 heterocycles. The van der Waals surface area contributed by atoms with Gasteiger partial charge in [-0.3, -0.25) is 0 Å². The van der Waals surface area contributed by atoms with E-state index in [-0.39, 0.29) is 23.7 Å². The van der Waals surface area contributed by atoms with Crippen molar-refractivity contribution in [2.45, 2.75) is 18.9 Å². The van der Waals surface area contributed by atoms with Crippen LogP contribution in [0.15, 0.2) is 0 Å². The lowest BCUT2D eigenvalue weighted by Crippen LogP contribution is -2.44. The Kier molecular flexibility index (Phi) is 2.75. The molecule has 0 radical (unpaired) electrons. The summed E-state index contributed by atoms with van der Waals surface area (Å²) in [5, 5.41) is 11.6. The van der Waals surface area contributed by atoms with Crippen LogP contribution in [0.25, 0.3) is 0 Å². The summed E-state index contributed by atoms with van der Waals surface area (Å²) in [5.74, 6) is 0.460. The van der Waals surface area contributed by atoms with Crippen molar-refractivity contribution in [3.8, 4) is 0 Å². The number of rotatable bonds is 3. The van der Waals surface area contributed by atoms with Gasteiger partial charge < -0.3 is 10.4 Å². The molecule has 4 nitrogen and oxygen atoms in total. The molecule has 1 atom stereocenters. The highest BCUT2D eigenvalue weighted by Crippen LogP contribution is 2.22. The summed E-state index contributed by atoms with van der Waals surface area (Å²) in [7, 11) is -2.83. The number of hydrogen-bond donors (Lipinski definition) is 2. The second-order valence-corrected chi connectivity index (χ2v) is 5.74. The van der Waals surface area contributed by atoms with E-state index >= 15 is 0 Å². The second-order valence-electron chi connectivity index (χ2n) is 3.55. The van der Waals surface area contributed by atoms with Gasteiger partial charge in [-0.15, -0.1) is 0 Å². The normalized spacial score (nSPS) is 33.8. The quantitative estimate of drug-likeness (QED) is 0.612. The van der Waals surface area contributed by atoms with Crippen molar-refractivity contribution in [3.63, 3.8) is 0 Å². The van der Waals surface area contributed by atoms with E-state index in [4.69, 9.17) is 5.11 Å². The number of hydrogen-bond acceptors (Lipinski definition) is 4. The zero-order valence-corrected chi connectivity index (χ0v) is 8.02. The third-order valence-electron chi connectivity index (χ3n) is 2.17. The van der Waals surface area contributed by atoms with Gasteiger partial charge in [0.15, 0.2) is 9.84 Å². The number of nitrogens with one attached hydrogen (secondary N) is 1. The first-order chi connectivity index (χ1) is 5.47. The van der Waals surface area contributed by atoms with Gasteiger partial charge >= 0.3 is 0 Å². The lowest BCUT2D eigenvalue weighted by molar-refractivity contribution is 0.267. The Bertz CT molecular complexity index is 249. The maximum Gasteiger partial charge on any atom is 0.152 e. The summed E-state index contributed by atoms with van der Waals surface area (Å²) in [6, 6.07) is 0. The number of sulfone groups is 1. The lowest BCUT2D eigenvalue weighted by Gasteiger charge is -2.23. The fourth-order valence-electron chi connectivity index (χ4n) is 1.51. The minimum absolute atomic E-state index is 0.0512. The Labute approximate surface area is 72.9 Å². The first-order valence-corrected chi connectivity index (χ1v) is 5.86. The van der Waals surface area contributed by atoms with E-state index in [0.29, 0.717) is 13.0 Å². The van der Waals surface area contributed by atoms with Gasteiger partial charge in [0.25, 0.3) is 0 Å². The van der Waals surface area contributed by atoms with Crippen molar-refractivity contribution in [1.82, 2.24) is 5.32 Å². The van der Waals surface area contributed by atoms with E-state index in [9.17, 15) is 8.42 Å². The number of aliphatic hydroxyl groups is 1. The summed E-state index contributed by atoms with van der Waals surface area (Å²) in [6.45, 7) is 2.40. The van der Waals surface area contributed by atoms with Crippen LogP contribution < -0.4 is 5.32 Å². The molecule has 1 aliphatic rings. The van der Waals surface area contributed by atoms with Crippen LogP contribution in [0.4, 0.5) is 0 Å². The average molecular weight is 193 g/mol. The van der Waals surface area contributed by atoms with Gasteiger partial charge in [-0.2, -0.15) is 0 Å².